The lowest BCUT2D eigenvalue weighted by molar-refractivity contribution is 0.102. The molecule has 2 aromatic carbocycles. The van der Waals surface area contributed by atoms with Crippen LogP contribution in [0.5, 0.6) is 11.5 Å². The fourth-order valence-electron chi connectivity index (χ4n) is 2.04. The summed E-state index contributed by atoms with van der Waals surface area (Å²) in [6.45, 7) is 5.02. The van der Waals surface area contributed by atoms with E-state index in [9.17, 15) is 4.79 Å². The van der Waals surface area contributed by atoms with E-state index in [4.69, 9.17) is 9.47 Å². The maximum Gasteiger partial charge on any atom is 0.255 e. The SMILES string of the molecule is CCCOc1c(Br)cc(C(=O)Nc2ccc(I)cc2)cc1OCC. The highest BCUT2D eigenvalue weighted by Gasteiger charge is 2.16. The van der Waals surface area contributed by atoms with Gasteiger partial charge in [0, 0.05) is 14.8 Å². The number of amides is 1. The first-order valence-electron chi connectivity index (χ1n) is 7.71. The Balaban J connectivity index is 2.25. The zero-order valence-corrected chi connectivity index (χ0v) is 17.3. The number of hydrogen-bond acceptors (Lipinski definition) is 3. The number of carbonyl (C=O) groups excluding carboxylic acids is 1. The van der Waals surface area contributed by atoms with Crippen molar-refractivity contribution in [3.05, 3.63) is 50.0 Å². The van der Waals surface area contributed by atoms with Crippen LogP contribution in [0.1, 0.15) is 30.6 Å². The van der Waals surface area contributed by atoms with E-state index in [1.54, 1.807) is 12.1 Å². The van der Waals surface area contributed by atoms with Crippen molar-refractivity contribution < 1.29 is 14.3 Å². The first-order chi connectivity index (χ1) is 11.5. The number of halogens is 2. The highest BCUT2D eigenvalue weighted by molar-refractivity contribution is 14.1. The van der Waals surface area contributed by atoms with Gasteiger partial charge in [0.1, 0.15) is 0 Å². The second-order valence-corrected chi connectivity index (χ2v) is 7.13. The van der Waals surface area contributed by atoms with Gasteiger partial charge in [0.15, 0.2) is 11.5 Å². The van der Waals surface area contributed by atoms with Crippen LogP contribution in [0.4, 0.5) is 5.69 Å². The van der Waals surface area contributed by atoms with Gasteiger partial charge >= 0.3 is 0 Å². The van der Waals surface area contributed by atoms with Crippen LogP contribution < -0.4 is 14.8 Å². The zero-order valence-electron chi connectivity index (χ0n) is 13.6. The summed E-state index contributed by atoms with van der Waals surface area (Å²) in [6.07, 6.45) is 0.896. The third kappa shape index (κ3) is 5.11. The molecule has 4 nitrogen and oxygen atoms in total. The normalized spacial score (nSPS) is 10.3. The minimum Gasteiger partial charge on any atom is -0.490 e. The molecule has 0 bridgehead atoms. The molecule has 0 unspecified atom stereocenters. The van der Waals surface area contributed by atoms with Gasteiger partial charge in [-0.15, -0.1) is 0 Å². The Kier molecular flexibility index (Phi) is 7.36. The van der Waals surface area contributed by atoms with E-state index in [-0.39, 0.29) is 5.91 Å². The van der Waals surface area contributed by atoms with Crippen molar-refractivity contribution in [3.8, 4) is 11.5 Å². The van der Waals surface area contributed by atoms with E-state index in [1.165, 1.54) is 0 Å². The smallest absolute Gasteiger partial charge is 0.255 e. The molecule has 0 spiro atoms. The average Bonchev–Trinajstić information content (AvgIpc) is 2.56. The minimum atomic E-state index is -0.195. The molecule has 1 N–H and O–H groups in total. The summed E-state index contributed by atoms with van der Waals surface area (Å²) in [7, 11) is 0. The number of benzene rings is 2. The summed E-state index contributed by atoms with van der Waals surface area (Å²) in [5.41, 5.74) is 1.26. The molecule has 0 atom stereocenters. The van der Waals surface area contributed by atoms with Crippen LogP contribution in [0.15, 0.2) is 40.9 Å². The van der Waals surface area contributed by atoms with E-state index >= 15 is 0 Å². The Morgan fingerprint density at radius 1 is 1.17 bits per heavy atom. The predicted octanol–water partition coefficient (Wildman–Crippen LogP) is 5.49. The number of anilines is 1. The standard InChI is InChI=1S/C18H19BrINO3/c1-3-9-24-17-15(19)10-12(11-16(17)23-4-2)18(22)21-14-7-5-13(20)6-8-14/h5-8,10-11H,3-4,9H2,1-2H3,(H,21,22). The van der Waals surface area contributed by atoms with Crippen molar-refractivity contribution in [3.63, 3.8) is 0 Å². The summed E-state index contributed by atoms with van der Waals surface area (Å²) >= 11 is 5.70. The molecule has 128 valence electrons. The van der Waals surface area contributed by atoms with Gasteiger partial charge in [0.2, 0.25) is 0 Å². The van der Waals surface area contributed by atoms with Crippen LogP contribution in [0.2, 0.25) is 0 Å². The first kappa shape index (κ1) is 19.1. The van der Waals surface area contributed by atoms with Gasteiger partial charge in [-0.05, 0) is 88.3 Å². The zero-order chi connectivity index (χ0) is 17.5. The fourth-order valence-corrected chi connectivity index (χ4v) is 2.96. The number of hydrogen-bond donors (Lipinski definition) is 1. The molecule has 0 aliphatic heterocycles. The van der Waals surface area contributed by atoms with Crippen molar-refractivity contribution in [1.29, 1.82) is 0 Å². The summed E-state index contributed by atoms with van der Waals surface area (Å²) in [5, 5.41) is 2.89. The molecule has 6 heteroatoms. The Labute approximate surface area is 164 Å². The Morgan fingerprint density at radius 3 is 2.50 bits per heavy atom. The lowest BCUT2D eigenvalue weighted by Crippen LogP contribution is -2.13. The fraction of sp³-hybridized carbons (Fsp3) is 0.278. The van der Waals surface area contributed by atoms with Crippen molar-refractivity contribution in [1.82, 2.24) is 0 Å². The van der Waals surface area contributed by atoms with Gasteiger partial charge < -0.3 is 14.8 Å². The summed E-state index contributed by atoms with van der Waals surface area (Å²) in [5.74, 6) is 0.998. The highest BCUT2D eigenvalue weighted by Crippen LogP contribution is 2.37. The van der Waals surface area contributed by atoms with Crippen LogP contribution in [0.3, 0.4) is 0 Å². The van der Waals surface area contributed by atoms with Crippen LogP contribution in [0.25, 0.3) is 0 Å². The molecule has 0 radical (unpaired) electrons. The maximum absolute atomic E-state index is 12.5. The van der Waals surface area contributed by atoms with E-state index in [1.807, 2.05) is 38.1 Å². The van der Waals surface area contributed by atoms with Crippen LogP contribution in [0, 0.1) is 3.57 Å². The summed E-state index contributed by atoms with van der Waals surface area (Å²) in [6, 6.07) is 11.1. The van der Waals surface area contributed by atoms with Crippen molar-refractivity contribution in [2.24, 2.45) is 0 Å². The Morgan fingerprint density at radius 2 is 1.88 bits per heavy atom. The average molecular weight is 504 g/mol. The van der Waals surface area contributed by atoms with Crippen LogP contribution >= 0.6 is 38.5 Å². The van der Waals surface area contributed by atoms with Gasteiger partial charge in [-0.1, -0.05) is 6.92 Å². The number of carbonyl (C=O) groups is 1. The van der Waals surface area contributed by atoms with Crippen LogP contribution in [-0.4, -0.2) is 19.1 Å². The Bertz CT molecular complexity index is 704. The second kappa shape index (κ2) is 9.27. The van der Waals surface area contributed by atoms with Crippen molar-refractivity contribution in [2.45, 2.75) is 20.3 Å². The number of nitrogens with one attached hydrogen (secondary N) is 1. The van der Waals surface area contributed by atoms with Gasteiger partial charge in [-0.2, -0.15) is 0 Å². The lowest BCUT2D eigenvalue weighted by atomic mass is 10.1. The molecule has 0 fully saturated rings. The molecule has 24 heavy (non-hydrogen) atoms. The summed E-state index contributed by atoms with van der Waals surface area (Å²) < 4.78 is 13.2. The molecule has 0 aromatic heterocycles. The van der Waals surface area contributed by atoms with Crippen molar-refractivity contribution >= 4 is 50.1 Å². The molecule has 0 aliphatic carbocycles. The number of rotatable bonds is 7. The minimum absolute atomic E-state index is 0.195. The van der Waals surface area contributed by atoms with Gasteiger partial charge in [-0.25, -0.2) is 0 Å². The quantitative estimate of drug-likeness (QED) is 0.508. The monoisotopic (exact) mass is 503 g/mol. The van der Waals surface area contributed by atoms with E-state index in [2.05, 4.69) is 43.8 Å². The largest absolute Gasteiger partial charge is 0.490 e. The third-order valence-corrected chi connectivity index (χ3v) is 4.43. The van der Waals surface area contributed by atoms with Gasteiger partial charge in [0.05, 0.1) is 17.7 Å². The lowest BCUT2D eigenvalue weighted by Gasteiger charge is -2.15. The first-order valence-corrected chi connectivity index (χ1v) is 9.58. The van der Waals surface area contributed by atoms with E-state index in [0.29, 0.717) is 34.7 Å². The van der Waals surface area contributed by atoms with Gasteiger partial charge in [-0.3, -0.25) is 4.79 Å². The molecular weight excluding hydrogens is 485 g/mol. The molecule has 0 saturated carbocycles. The highest BCUT2D eigenvalue weighted by atomic mass is 127. The second-order valence-electron chi connectivity index (χ2n) is 5.03. The number of ether oxygens (including phenoxy) is 2. The van der Waals surface area contributed by atoms with Crippen molar-refractivity contribution in [2.75, 3.05) is 18.5 Å². The van der Waals surface area contributed by atoms with Gasteiger partial charge in [0.25, 0.3) is 5.91 Å². The third-order valence-electron chi connectivity index (χ3n) is 3.12. The van der Waals surface area contributed by atoms with E-state index in [0.717, 1.165) is 15.7 Å². The molecule has 2 rings (SSSR count). The Hall–Kier alpha value is -1.28. The molecule has 2 aromatic rings. The molecule has 1 amide bonds. The topological polar surface area (TPSA) is 47.6 Å². The predicted molar refractivity (Wildman–Crippen MR) is 108 cm³/mol. The summed E-state index contributed by atoms with van der Waals surface area (Å²) in [4.78, 5) is 12.5. The molecule has 0 heterocycles. The molecule has 0 aliphatic rings. The molecular formula is C18H19BrINO3. The molecule has 0 saturated heterocycles. The van der Waals surface area contributed by atoms with Crippen LogP contribution in [-0.2, 0) is 0 Å². The maximum atomic E-state index is 12.5. The van der Waals surface area contributed by atoms with E-state index < -0.39 is 0 Å².